The highest BCUT2D eigenvalue weighted by molar-refractivity contribution is 5.75. The van der Waals surface area contributed by atoms with E-state index in [1.54, 1.807) is 24.3 Å². The van der Waals surface area contributed by atoms with Gasteiger partial charge in [0, 0.05) is 0 Å². The van der Waals surface area contributed by atoms with Gasteiger partial charge in [-0.15, -0.1) is 0 Å². The number of aliphatic hydroxyl groups is 1. The van der Waals surface area contributed by atoms with Crippen LogP contribution in [0.5, 0.6) is 5.75 Å². The average molecular weight is 208 g/mol. The number of para-hydroxylation sites is 1. The van der Waals surface area contributed by atoms with E-state index in [0.717, 1.165) is 6.42 Å². The molecule has 0 unspecified atom stereocenters. The van der Waals surface area contributed by atoms with Crippen LogP contribution in [0.1, 0.15) is 19.8 Å². The van der Waals surface area contributed by atoms with Crippen molar-refractivity contribution in [1.82, 2.24) is 0 Å². The summed E-state index contributed by atoms with van der Waals surface area (Å²) in [6.45, 7) is 1.82. The van der Waals surface area contributed by atoms with Gasteiger partial charge in [-0.3, -0.25) is 4.79 Å². The smallest absolute Gasteiger partial charge is 0.316 e. The highest BCUT2D eigenvalue weighted by Gasteiger charge is 2.18. The lowest BCUT2D eigenvalue weighted by molar-refractivity contribution is -0.140. The molecular weight excluding hydrogens is 192 g/mol. The van der Waals surface area contributed by atoms with E-state index in [1.165, 1.54) is 0 Å². The lowest BCUT2D eigenvalue weighted by Crippen LogP contribution is -2.23. The molecule has 0 amide bonds. The molecule has 0 aromatic heterocycles. The molecule has 0 aliphatic heterocycles. The molecular formula is C12H16O3. The fourth-order valence-corrected chi connectivity index (χ4v) is 1.32. The van der Waals surface area contributed by atoms with Gasteiger partial charge in [-0.2, -0.15) is 0 Å². The Morgan fingerprint density at radius 2 is 2.07 bits per heavy atom. The van der Waals surface area contributed by atoms with E-state index in [-0.39, 0.29) is 12.6 Å². The molecule has 1 aromatic rings. The first-order chi connectivity index (χ1) is 7.27. The Kier molecular flexibility index (Phi) is 4.84. The first kappa shape index (κ1) is 11.7. The summed E-state index contributed by atoms with van der Waals surface area (Å²) in [5.41, 5.74) is 0. The van der Waals surface area contributed by atoms with Gasteiger partial charge in [0.25, 0.3) is 0 Å². The second kappa shape index (κ2) is 6.19. The molecule has 0 heterocycles. The molecule has 1 aromatic carbocycles. The molecule has 82 valence electrons. The van der Waals surface area contributed by atoms with Crippen LogP contribution in [0.25, 0.3) is 0 Å². The van der Waals surface area contributed by atoms with Crippen LogP contribution < -0.4 is 4.74 Å². The number of hydrogen-bond acceptors (Lipinski definition) is 3. The maximum absolute atomic E-state index is 11.6. The average Bonchev–Trinajstić information content (AvgIpc) is 2.27. The van der Waals surface area contributed by atoms with Crippen molar-refractivity contribution in [3.63, 3.8) is 0 Å². The number of benzene rings is 1. The Labute approximate surface area is 89.7 Å². The summed E-state index contributed by atoms with van der Waals surface area (Å²) in [6, 6.07) is 8.90. The van der Waals surface area contributed by atoms with Gasteiger partial charge in [-0.25, -0.2) is 0 Å². The summed E-state index contributed by atoms with van der Waals surface area (Å²) in [4.78, 5) is 11.6. The molecule has 0 saturated carbocycles. The predicted octanol–water partition coefficient (Wildman–Crippen LogP) is 2.00. The van der Waals surface area contributed by atoms with Crippen LogP contribution >= 0.6 is 0 Å². The monoisotopic (exact) mass is 208 g/mol. The molecule has 0 spiro atoms. The van der Waals surface area contributed by atoms with Crippen molar-refractivity contribution in [2.75, 3.05) is 6.61 Å². The second-order valence-corrected chi connectivity index (χ2v) is 3.40. The standard InChI is InChI=1S/C12H16O3/c1-2-6-10(9-13)12(14)15-11-7-4-3-5-8-11/h3-5,7-8,10,13H,2,6,9H2,1H3/t10-/m0/s1. The molecule has 0 bridgehead atoms. The lowest BCUT2D eigenvalue weighted by atomic mass is 10.1. The van der Waals surface area contributed by atoms with E-state index < -0.39 is 5.92 Å². The SMILES string of the molecule is CCC[C@@H](CO)C(=O)Oc1ccccc1. The van der Waals surface area contributed by atoms with Crippen LogP contribution in [0, 0.1) is 5.92 Å². The number of ether oxygens (including phenoxy) is 1. The van der Waals surface area contributed by atoms with Gasteiger partial charge in [0.1, 0.15) is 5.75 Å². The van der Waals surface area contributed by atoms with Crippen molar-refractivity contribution in [2.45, 2.75) is 19.8 Å². The zero-order valence-corrected chi connectivity index (χ0v) is 8.85. The highest BCUT2D eigenvalue weighted by atomic mass is 16.5. The van der Waals surface area contributed by atoms with Crippen molar-refractivity contribution in [3.8, 4) is 5.75 Å². The van der Waals surface area contributed by atoms with Gasteiger partial charge in [0.05, 0.1) is 12.5 Å². The van der Waals surface area contributed by atoms with Crippen LogP contribution in [0.15, 0.2) is 30.3 Å². The molecule has 0 aliphatic carbocycles. The molecule has 1 atom stereocenters. The summed E-state index contributed by atoms with van der Waals surface area (Å²) in [7, 11) is 0. The summed E-state index contributed by atoms with van der Waals surface area (Å²) in [5, 5.41) is 9.00. The fourth-order valence-electron chi connectivity index (χ4n) is 1.32. The zero-order valence-electron chi connectivity index (χ0n) is 8.85. The fraction of sp³-hybridized carbons (Fsp3) is 0.417. The first-order valence-corrected chi connectivity index (χ1v) is 5.15. The van der Waals surface area contributed by atoms with Crippen LogP contribution in [0.4, 0.5) is 0 Å². The van der Waals surface area contributed by atoms with Crippen LogP contribution in [0.2, 0.25) is 0 Å². The molecule has 3 nitrogen and oxygen atoms in total. The number of carbonyl (C=O) groups excluding carboxylic acids is 1. The minimum atomic E-state index is -0.407. The first-order valence-electron chi connectivity index (χ1n) is 5.15. The molecule has 1 N–H and O–H groups in total. The third-order valence-electron chi connectivity index (χ3n) is 2.15. The summed E-state index contributed by atoms with van der Waals surface area (Å²) in [5.74, 6) is -0.238. The number of hydrogen-bond donors (Lipinski definition) is 1. The molecule has 0 aliphatic rings. The number of rotatable bonds is 5. The third kappa shape index (κ3) is 3.72. The Morgan fingerprint density at radius 1 is 1.40 bits per heavy atom. The van der Waals surface area contributed by atoms with Crippen molar-refractivity contribution >= 4 is 5.97 Å². The number of aliphatic hydroxyl groups excluding tert-OH is 1. The van der Waals surface area contributed by atoms with Crippen LogP contribution in [-0.4, -0.2) is 17.7 Å². The summed E-state index contributed by atoms with van der Waals surface area (Å²) in [6.07, 6.45) is 1.51. The second-order valence-electron chi connectivity index (χ2n) is 3.40. The topological polar surface area (TPSA) is 46.5 Å². The van der Waals surface area contributed by atoms with Crippen LogP contribution in [-0.2, 0) is 4.79 Å². The van der Waals surface area contributed by atoms with Crippen molar-refractivity contribution in [3.05, 3.63) is 30.3 Å². The normalized spacial score (nSPS) is 12.1. The van der Waals surface area contributed by atoms with Gasteiger partial charge in [-0.05, 0) is 18.6 Å². The van der Waals surface area contributed by atoms with Gasteiger partial charge in [-0.1, -0.05) is 31.5 Å². The lowest BCUT2D eigenvalue weighted by Gasteiger charge is -2.11. The van der Waals surface area contributed by atoms with E-state index in [4.69, 9.17) is 9.84 Å². The highest BCUT2D eigenvalue weighted by Crippen LogP contribution is 2.13. The largest absolute Gasteiger partial charge is 0.426 e. The Bertz CT molecular complexity index is 295. The Balaban J connectivity index is 2.54. The van der Waals surface area contributed by atoms with Gasteiger partial charge in [0.15, 0.2) is 0 Å². The molecule has 3 heteroatoms. The van der Waals surface area contributed by atoms with Crippen molar-refractivity contribution in [2.24, 2.45) is 5.92 Å². The quantitative estimate of drug-likeness (QED) is 0.594. The van der Waals surface area contributed by atoms with Gasteiger partial charge >= 0.3 is 5.97 Å². The minimum absolute atomic E-state index is 0.153. The van der Waals surface area contributed by atoms with E-state index >= 15 is 0 Å². The molecule has 1 rings (SSSR count). The van der Waals surface area contributed by atoms with E-state index in [9.17, 15) is 4.79 Å². The summed E-state index contributed by atoms with van der Waals surface area (Å²) < 4.78 is 5.12. The van der Waals surface area contributed by atoms with E-state index in [2.05, 4.69) is 0 Å². The number of carbonyl (C=O) groups is 1. The Morgan fingerprint density at radius 3 is 2.60 bits per heavy atom. The maximum Gasteiger partial charge on any atom is 0.316 e. The van der Waals surface area contributed by atoms with Gasteiger partial charge in [0.2, 0.25) is 0 Å². The van der Waals surface area contributed by atoms with Crippen LogP contribution in [0.3, 0.4) is 0 Å². The predicted molar refractivity (Wildman–Crippen MR) is 57.6 cm³/mol. The Hall–Kier alpha value is -1.35. The molecule has 0 fully saturated rings. The molecule has 0 radical (unpaired) electrons. The summed E-state index contributed by atoms with van der Waals surface area (Å²) >= 11 is 0. The van der Waals surface area contributed by atoms with Crippen molar-refractivity contribution < 1.29 is 14.6 Å². The van der Waals surface area contributed by atoms with E-state index in [1.807, 2.05) is 13.0 Å². The van der Waals surface area contributed by atoms with Gasteiger partial charge < -0.3 is 9.84 Å². The molecule has 0 saturated heterocycles. The minimum Gasteiger partial charge on any atom is -0.426 e. The molecule has 15 heavy (non-hydrogen) atoms. The zero-order chi connectivity index (χ0) is 11.1. The maximum atomic E-state index is 11.6. The van der Waals surface area contributed by atoms with Crippen molar-refractivity contribution in [1.29, 1.82) is 0 Å². The van der Waals surface area contributed by atoms with E-state index in [0.29, 0.717) is 12.2 Å². The third-order valence-corrected chi connectivity index (χ3v) is 2.15. The number of esters is 1.